The van der Waals surface area contributed by atoms with E-state index in [1.807, 2.05) is 6.92 Å². The van der Waals surface area contributed by atoms with Crippen molar-refractivity contribution in [3.8, 4) is 0 Å². The van der Waals surface area contributed by atoms with Crippen molar-refractivity contribution in [2.75, 3.05) is 0 Å². The van der Waals surface area contributed by atoms with Crippen LogP contribution in [0.1, 0.15) is 34.3 Å². The van der Waals surface area contributed by atoms with Gasteiger partial charge in [0.05, 0.1) is 18.4 Å². The topological polar surface area (TPSA) is 85.6 Å². The van der Waals surface area contributed by atoms with Gasteiger partial charge in [-0.15, -0.1) is 10.2 Å². The average Bonchev–Trinajstić information content (AvgIpc) is 3.00. The fourth-order valence-corrected chi connectivity index (χ4v) is 2.10. The van der Waals surface area contributed by atoms with Crippen molar-refractivity contribution in [3.05, 3.63) is 35.4 Å². The second-order valence-corrected chi connectivity index (χ2v) is 4.51. The van der Waals surface area contributed by atoms with Crippen molar-refractivity contribution in [1.82, 2.24) is 30.0 Å². The molecule has 19 heavy (non-hydrogen) atoms. The van der Waals surface area contributed by atoms with Gasteiger partial charge in [0.15, 0.2) is 5.82 Å². The molecule has 98 valence electrons. The van der Waals surface area contributed by atoms with Crippen LogP contribution in [0.25, 0.3) is 0 Å². The molecule has 1 N–H and O–H groups in total. The molecule has 0 atom stereocenters. The summed E-state index contributed by atoms with van der Waals surface area (Å²) < 4.78 is 2.06. The molecule has 2 aromatic rings. The van der Waals surface area contributed by atoms with Gasteiger partial charge < -0.3 is 9.88 Å². The minimum Gasteiger partial charge on any atom is -0.343 e. The Hall–Kier alpha value is -2.31. The number of fused-ring (bicyclic) bond motifs is 1. The Morgan fingerprint density at radius 2 is 2.26 bits per heavy atom. The largest absolute Gasteiger partial charge is 0.343 e. The lowest BCUT2D eigenvalue weighted by atomic mass is 10.4. The van der Waals surface area contributed by atoms with Gasteiger partial charge in [-0.1, -0.05) is 0 Å². The zero-order chi connectivity index (χ0) is 13.2. The van der Waals surface area contributed by atoms with Crippen molar-refractivity contribution in [1.29, 1.82) is 0 Å². The number of aromatic nitrogens is 5. The van der Waals surface area contributed by atoms with E-state index in [-0.39, 0.29) is 5.91 Å². The van der Waals surface area contributed by atoms with E-state index in [4.69, 9.17) is 0 Å². The molecular formula is C12H14N6O. The van der Waals surface area contributed by atoms with Gasteiger partial charge >= 0.3 is 0 Å². The number of nitrogens with zero attached hydrogens (tertiary/aromatic N) is 5. The summed E-state index contributed by atoms with van der Waals surface area (Å²) in [5.74, 6) is 1.54. The molecule has 0 unspecified atom stereocenters. The molecule has 3 rings (SSSR count). The Labute approximate surface area is 110 Å². The van der Waals surface area contributed by atoms with E-state index in [1.54, 1.807) is 6.20 Å². The van der Waals surface area contributed by atoms with Gasteiger partial charge in [-0.05, 0) is 13.3 Å². The third-order valence-corrected chi connectivity index (χ3v) is 3.11. The average molecular weight is 258 g/mol. The number of amides is 1. The first-order valence-corrected chi connectivity index (χ1v) is 6.22. The SMILES string of the molecule is Cc1cnc(C(=O)NCc2nnc3n2CCC3)cn1. The third kappa shape index (κ3) is 2.31. The van der Waals surface area contributed by atoms with E-state index in [2.05, 4.69) is 30.0 Å². The Balaban J connectivity index is 1.66. The van der Waals surface area contributed by atoms with Gasteiger partial charge in [-0.25, -0.2) is 4.98 Å². The maximum Gasteiger partial charge on any atom is 0.271 e. The maximum atomic E-state index is 11.9. The minimum atomic E-state index is -0.247. The molecular weight excluding hydrogens is 244 g/mol. The molecule has 3 heterocycles. The molecule has 0 bridgehead atoms. The number of carbonyl (C=O) groups is 1. The molecule has 1 amide bonds. The summed E-state index contributed by atoms with van der Waals surface area (Å²) in [4.78, 5) is 20.0. The third-order valence-electron chi connectivity index (χ3n) is 3.11. The Morgan fingerprint density at radius 3 is 3.05 bits per heavy atom. The monoisotopic (exact) mass is 258 g/mol. The molecule has 0 radical (unpaired) electrons. The van der Waals surface area contributed by atoms with E-state index in [0.717, 1.165) is 36.7 Å². The maximum absolute atomic E-state index is 11.9. The first kappa shape index (κ1) is 11.8. The van der Waals surface area contributed by atoms with Crippen LogP contribution in [-0.4, -0.2) is 30.6 Å². The molecule has 1 aliphatic heterocycles. The van der Waals surface area contributed by atoms with E-state index in [0.29, 0.717) is 12.2 Å². The second kappa shape index (κ2) is 4.75. The minimum absolute atomic E-state index is 0.247. The Kier molecular flexibility index (Phi) is 2.94. The van der Waals surface area contributed by atoms with Crippen LogP contribution in [0.5, 0.6) is 0 Å². The van der Waals surface area contributed by atoms with Crippen LogP contribution in [0.2, 0.25) is 0 Å². The molecule has 0 aliphatic carbocycles. The van der Waals surface area contributed by atoms with Crippen molar-refractivity contribution in [2.24, 2.45) is 0 Å². The van der Waals surface area contributed by atoms with Crippen LogP contribution in [0.15, 0.2) is 12.4 Å². The highest BCUT2D eigenvalue weighted by atomic mass is 16.1. The van der Waals surface area contributed by atoms with Gasteiger partial charge in [0.25, 0.3) is 5.91 Å². The van der Waals surface area contributed by atoms with Crippen LogP contribution in [0.3, 0.4) is 0 Å². The normalized spacial score (nSPS) is 13.3. The smallest absolute Gasteiger partial charge is 0.271 e. The van der Waals surface area contributed by atoms with Gasteiger partial charge in [-0.3, -0.25) is 9.78 Å². The van der Waals surface area contributed by atoms with E-state index in [1.165, 1.54) is 6.20 Å². The Morgan fingerprint density at radius 1 is 1.37 bits per heavy atom. The predicted octanol–water partition coefficient (Wildman–Crippen LogP) is 0.253. The van der Waals surface area contributed by atoms with Crippen molar-refractivity contribution < 1.29 is 4.79 Å². The fourth-order valence-electron chi connectivity index (χ4n) is 2.10. The highest BCUT2D eigenvalue weighted by Gasteiger charge is 2.17. The molecule has 1 aliphatic rings. The predicted molar refractivity (Wildman–Crippen MR) is 66.3 cm³/mol. The standard InChI is InChI=1S/C12H14N6O/c1-8-5-14-9(6-13-8)12(19)15-7-11-17-16-10-3-2-4-18(10)11/h5-6H,2-4,7H2,1H3,(H,15,19). The summed E-state index contributed by atoms with van der Waals surface area (Å²) in [5, 5.41) is 11.0. The van der Waals surface area contributed by atoms with E-state index < -0.39 is 0 Å². The molecule has 0 saturated heterocycles. The van der Waals surface area contributed by atoms with Gasteiger partial charge in [0.2, 0.25) is 0 Å². The number of nitrogens with one attached hydrogen (secondary N) is 1. The van der Waals surface area contributed by atoms with Crippen LogP contribution >= 0.6 is 0 Å². The highest BCUT2D eigenvalue weighted by Crippen LogP contribution is 2.13. The van der Waals surface area contributed by atoms with E-state index >= 15 is 0 Å². The summed E-state index contributed by atoms with van der Waals surface area (Å²) in [6, 6.07) is 0. The quantitative estimate of drug-likeness (QED) is 0.853. The first-order chi connectivity index (χ1) is 9.24. The summed E-state index contributed by atoms with van der Waals surface area (Å²) >= 11 is 0. The number of aryl methyl sites for hydroxylation is 2. The molecule has 0 spiro atoms. The molecule has 7 heteroatoms. The molecule has 0 fully saturated rings. The van der Waals surface area contributed by atoms with Gasteiger partial charge in [0, 0.05) is 19.2 Å². The van der Waals surface area contributed by atoms with Crippen LogP contribution in [-0.2, 0) is 19.5 Å². The van der Waals surface area contributed by atoms with E-state index in [9.17, 15) is 4.79 Å². The number of hydrogen-bond acceptors (Lipinski definition) is 5. The second-order valence-electron chi connectivity index (χ2n) is 4.51. The highest BCUT2D eigenvalue weighted by molar-refractivity contribution is 5.91. The van der Waals surface area contributed by atoms with Crippen LogP contribution in [0.4, 0.5) is 0 Å². The summed E-state index contributed by atoms with van der Waals surface area (Å²) in [7, 11) is 0. The van der Waals surface area contributed by atoms with Crippen molar-refractivity contribution >= 4 is 5.91 Å². The number of rotatable bonds is 3. The fraction of sp³-hybridized carbons (Fsp3) is 0.417. The molecule has 7 nitrogen and oxygen atoms in total. The lowest BCUT2D eigenvalue weighted by Crippen LogP contribution is -2.25. The summed E-state index contributed by atoms with van der Waals surface area (Å²) in [5.41, 5.74) is 1.10. The molecule has 2 aromatic heterocycles. The van der Waals surface area contributed by atoms with Crippen molar-refractivity contribution in [2.45, 2.75) is 32.9 Å². The summed E-state index contributed by atoms with van der Waals surface area (Å²) in [6.45, 7) is 3.12. The molecule has 0 aromatic carbocycles. The first-order valence-electron chi connectivity index (χ1n) is 6.22. The molecule has 0 saturated carbocycles. The zero-order valence-corrected chi connectivity index (χ0v) is 10.6. The Bertz CT molecular complexity index is 603. The van der Waals surface area contributed by atoms with Crippen LogP contribution < -0.4 is 5.32 Å². The van der Waals surface area contributed by atoms with Crippen LogP contribution in [0, 0.1) is 6.92 Å². The van der Waals surface area contributed by atoms with Gasteiger partial charge in [0.1, 0.15) is 11.5 Å². The van der Waals surface area contributed by atoms with Gasteiger partial charge in [-0.2, -0.15) is 0 Å². The summed E-state index contributed by atoms with van der Waals surface area (Å²) in [6.07, 6.45) is 5.10. The lowest BCUT2D eigenvalue weighted by Gasteiger charge is -2.05. The number of hydrogen-bond donors (Lipinski definition) is 1. The van der Waals surface area contributed by atoms with Crippen molar-refractivity contribution in [3.63, 3.8) is 0 Å². The zero-order valence-electron chi connectivity index (χ0n) is 10.6. The number of carbonyl (C=O) groups excluding carboxylic acids is 1. The lowest BCUT2D eigenvalue weighted by molar-refractivity contribution is 0.0944.